The van der Waals surface area contributed by atoms with Gasteiger partial charge >= 0.3 is 0 Å². The lowest BCUT2D eigenvalue weighted by molar-refractivity contribution is -0.139. The third-order valence-electron chi connectivity index (χ3n) is 5.42. The summed E-state index contributed by atoms with van der Waals surface area (Å²) >= 11 is 0. The van der Waals surface area contributed by atoms with Crippen LogP contribution >= 0.6 is 0 Å². The smallest absolute Gasteiger partial charge is 0.244 e. The van der Waals surface area contributed by atoms with Crippen LogP contribution in [0, 0.1) is 0 Å². The molecule has 2 rings (SSSR count). The Morgan fingerprint density at radius 3 is 2.20 bits per heavy atom. The predicted octanol–water partition coefficient (Wildman–Crippen LogP) is 2.45. The number of ether oxygens (including phenoxy) is 2. The van der Waals surface area contributed by atoms with Crippen LogP contribution < -0.4 is 19.1 Å². The van der Waals surface area contributed by atoms with Gasteiger partial charge in [0.2, 0.25) is 21.8 Å². The number of rotatable bonds is 12. The van der Waals surface area contributed by atoms with Crippen LogP contribution in [0.15, 0.2) is 48.5 Å². The molecule has 0 saturated heterocycles. The van der Waals surface area contributed by atoms with E-state index in [9.17, 15) is 18.0 Å². The van der Waals surface area contributed by atoms with Crippen molar-refractivity contribution in [3.05, 3.63) is 54.1 Å². The summed E-state index contributed by atoms with van der Waals surface area (Å²) in [6.07, 6.45) is 1.52. The van der Waals surface area contributed by atoms with Gasteiger partial charge in [0.25, 0.3) is 0 Å². The molecule has 0 spiro atoms. The monoisotopic (exact) mass is 505 g/mol. The molecule has 35 heavy (non-hydrogen) atoms. The number of methoxy groups -OCH3 is 2. The summed E-state index contributed by atoms with van der Waals surface area (Å²) in [6, 6.07) is 13.4. The molecule has 0 aliphatic heterocycles. The third-order valence-corrected chi connectivity index (χ3v) is 6.54. The van der Waals surface area contributed by atoms with E-state index in [2.05, 4.69) is 5.32 Å². The molecule has 0 bridgehead atoms. The Kier molecular flexibility index (Phi) is 9.94. The molecule has 0 aliphatic rings. The molecule has 1 atom stereocenters. The summed E-state index contributed by atoms with van der Waals surface area (Å²) in [7, 11) is -1.01. The van der Waals surface area contributed by atoms with E-state index in [4.69, 9.17) is 9.47 Å². The van der Waals surface area contributed by atoms with Gasteiger partial charge in [-0.2, -0.15) is 0 Å². The number of amides is 2. The second-order valence-corrected chi connectivity index (χ2v) is 10.4. The SMILES string of the molecule is COc1ccc(OC)c(N(CC(=O)N(CCc2ccccc2)C(C)C(=O)NC(C)C)S(C)(=O)=O)c1. The molecule has 2 aromatic carbocycles. The summed E-state index contributed by atoms with van der Waals surface area (Å²) in [6.45, 7) is 5.04. The van der Waals surface area contributed by atoms with Gasteiger partial charge in [-0.15, -0.1) is 0 Å². The summed E-state index contributed by atoms with van der Waals surface area (Å²) in [5.41, 5.74) is 1.17. The minimum Gasteiger partial charge on any atom is -0.497 e. The zero-order chi connectivity index (χ0) is 26.2. The van der Waals surface area contributed by atoms with Crippen molar-refractivity contribution >= 4 is 27.5 Å². The molecule has 1 unspecified atom stereocenters. The lowest BCUT2D eigenvalue weighted by atomic mass is 10.1. The van der Waals surface area contributed by atoms with Crippen molar-refractivity contribution in [2.75, 3.05) is 37.9 Å². The molecule has 2 amide bonds. The van der Waals surface area contributed by atoms with Gasteiger partial charge in [-0.05, 0) is 44.9 Å². The number of sulfonamides is 1. The molecular formula is C25H35N3O6S. The van der Waals surface area contributed by atoms with Crippen molar-refractivity contribution in [1.82, 2.24) is 10.2 Å². The lowest BCUT2D eigenvalue weighted by Crippen LogP contribution is -2.53. The van der Waals surface area contributed by atoms with Gasteiger partial charge < -0.3 is 19.7 Å². The molecule has 0 aromatic heterocycles. The fourth-order valence-electron chi connectivity index (χ4n) is 3.56. The number of anilines is 1. The van der Waals surface area contributed by atoms with Crippen molar-refractivity contribution in [3.8, 4) is 11.5 Å². The third kappa shape index (κ3) is 7.88. The largest absolute Gasteiger partial charge is 0.497 e. The first-order valence-electron chi connectivity index (χ1n) is 11.3. The van der Waals surface area contributed by atoms with Crippen molar-refractivity contribution in [3.63, 3.8) is 0 Å². The van der Waals surface area contributed by atoms with Gasteiger partial charge in [-0.25, -0.2) is 8.42 Å². The van der Waals surface area contributed by atoms with E-state index in [1.165, 1.54) is 25.2 Å². The van der Waals surface area contributed by atoms with Crippen LogP contribution in [0.5, 0.6) is 11.5 Å². The molecule has 10 heteroatoms. The van der Waals surface area contributed by atoms with Crippen molar-refractivity contribution < 1.29 is 27.5 Å². The highest BCUT2D eigenvalue weighted by atomic mass is 32.2. The van der Waals surface area contributed by atoms with E-state index in [0.717, 1.165) is 16.1 Å². The first kappa shape index (κ1) is 28.0. The topological polar surface area (TPSA) is 105 Å². The fourth-order valence-corrected chi connectivity index (χ4v) is 4.41. The van der Waals surface area contributed by atoms with Gasteiger partial charge in [-0.3, -0.25) is 13.9 Å². The minimum absolute atomic E-state index is 0.107. The first-order chi connectivity index (χ1) is 16.5. The quantitative estimate of drug-likeness (QED) is 0.475. The Morgan fingerprint density at radius 2 is 1.66 bits per heavy atom. The fraction of sp³-hybridized carbons (Fsp3) is 0.440. The highest BCUT2D eigenvalue weighted by Gasteiger charge is 2.31. The van der Waals surface area contributed by atoms with E-state index in [1.54, 1.807) is 19.1 Å². The normalized spacial score (nSPS) is 12.1. The van der Waals surface area contributed by atoms with Gasteiger partial charge in [0, 0.05) is 18.7 Å². The van der Waals surface area contributed by atoms with Crippen LogP contribution in [-0.2, 0) is 26.0 Å². The molecule has 0 aliphatic carbocycles. The van der Waals surface area contributed by atoms with Crippen LogP contribution in [0.2, 0.25) is 0 Å². The Balaban J connectivity index is 2.41. The standard InChI is InChI=1S/C25H35N3O6S/c1-18(2)26-25(30)19(3)27(15-14-20-10-8-7-9-11-20)24(29)17-28(35(6,31)32)22-16-21(33-4)12-13-23(22)34-5/h7-13,16,18-19H,14-15,17H2,1-6H3,(H,26,30). The highest BCUT2D eigenvalue weighted by molar-refractivity contribution is 7.92. The average molecular weight is 506 g/mol. The second-order valence-electron chi connectivity index (χ2n) is 8.47. The minimum atomic E-state index is -3.89. The number of nitrogens with zero attached hydrogens (tertiary/aromatic N) is 2. The summed E-state index contributed by atoms with van der Waals surface area (Å²) in [5.74, 6) is -0.146. The molecule has 2 aromatic rings. The predicted molar refractivity (Wildman–Crippen MR) is 136 cm³/mol. The molecule has 9 nitrogen and oxygen atoms in total. The molecule has 0 heterocycles. The van der Waals surface area contributed by atoms with Gasteiger partial charge in [0.15, 0.2) is 0 Å². The Hall–Kier alpha value is -3.27. The Labute approximate surface area is 208 Å². The number of carbonyl (C=O) groups is 2. The number of nitrogens with one attached hydrogen (secondary N) is 1. The Morgan fingerprint density at radius 1 is 1.00 bits per heavy atom. The van der Waals surface area contributed by atoms with E-state index in [1.807, 2.05) is 44.2 Å². The second kappa shape index (κ2) is 12.4. The molecule has 1 N–H and O–H groups in total. The van der Waals surface area contributed by atoms with Gasteiger partial charge in [-0.1, -0.05) is 30.3 Å². The van der Waals surface area contributed by atoms with Crippen molar-refractivity contribution in [2.45, 2.75) is 39.3 Å². The van der Waals surface area contributed by atoms with Gasteiger partial charge in [0.05, 0.1) is 26.2 Å². The average Bonchev–Trinajstić information content (AvgIpc) is 2.81. The maximum Gasteiger partial charge on any atom is 0.244 e. The summed E-state index contributed by atoms with van der Waals surface area (Å²) in [4.78, 5) is 27.7. The van der Waals surface area contributed by atoms with Crippen LogP contribution in [0.1, 0.15) is 26.3 Å². The summed E-state index contributed by atoms with van der Waals surface area (Å²) < 4.78 is 37.1. The zero-order valence-electron chi connectivity index (χ0n) is 21.1. The molecule has 0 saturated carbocycles. The molecule has 0 radical (unpaired) electrons. The number of benzene rings is 2. The van der Waals surface area contributed by atoms with E-state index < -0.39 is 28.5 Å². The highest BCUT2D eigenvalue weighted by Crippen LogP contribution is 2.33. The number of carbonyl (C=O) groups excluding carboxylic acids is 2. The van der Waals surface area contributed by atoms with Crippen molar-refractivity contribution in [2.24, 2.45) is 0 Å². The lowest BCUT2D eigenvalue weighted by Gasteiger charge is -2.32. The van der Waals surface area contributed by atoms with Crippen molar-refractivity contribution in [1.29, 1.82) is 0 Å². The molecular weight excluding hydrogens is 470 g/mol. The van der Waals surface area contributed by atoms with Crippen LogP contribution in [0.25, 0.3) is 0 Å². The number of hydrogen-bond donors (Lipinski definition) is 1. The van der Waals surface area contributed by atoms with Gasteiger partial charge in [0.1, 0.15) is 24.1 Å². The van der Waals surface area contributed by atoms with E-state index in [0.29, 0.717) is 12.2 Å². The van der Waals surface area contributed by atoms with Crippen LogP contribution in [0.3, 0.4) is 0 Å². The first-order valence-corrected chi connectivity index (χ1v) is 13.2. The Bertz CT molecular complexity index is 1110. The molecule has 192 valence electrons. The van der Waals surface area contributed by atoms with Crippen LogP contribution in [-0.4, -0.2) is 70.8 Å². The number of hydrogen-bond acceptors (Lipinski definition) is 6. The maximum absolute atomic E-state index is 13.5. The molecule has 0 fully saturated rings. The zero-order valence-corrected chi connectivity index (χ0v) is 22.0. The van der Waals surface area contributed by atoms with E-state index >= 15 is 0 Å². The van der Waals surface area contributed by atoms with E-state index in [-0.39, 0.29) is 29.9 Å². The van der Waals surface area contributed by atoms with Crippen LogP contribution in [0.4, 0.5) is 5.69 Å². The summed E-state index contributed by atoms with van der Waals surface area (Å²) in [5, 5.41) is 2.82. The maximum atomic E-state index is 13.5.